The maximum absolute atomic E-state index is 10.7. The summed E-state index contributed by atoms with van der Waals surface area (Å²) < 4.78 is 0.465. The molecule has 94 valence electrons. The number of rotatable bonds is 4. The molecule has 18 heavy (non-hydrogen) atoms. The molecule has 0 aliphatic rings. The van der Waals surface area contributed by atoms with Crippen LogP contribution < -0.4 is 5.32 Å². The van der Waals surface area contributed by atoms with E-state index in [1.165, 1.54) is 6.07 Å². The van der Waals surface area contributed by atoms with Crippen molar-refractivity contribution in [2.75, 3.05) is 5.32 Å². The van der Waals surface area contributed by atoms with Gasteiger partial charge in [0.05, 0.1) is 26.6 Å². The summed E-state index contributed by atoms with van der Waals surface area (Å²) in [5.74, 6) is 0. The number of hydrogen-bond acceptors (Lipinski definition) is 5. The number of nitro groups is 1. The van der Waals surface area contributed by atoms with Crippen molar-refractivity contribution in [1.29, 1.82) is 0 Å². The summed E-state index contributed by atoms with van der Waals surface area (Å²) in [4.78, 5) is 14.6. The summed E-state index contributed by atoms with van der Waals surface area (Å²) in [5.41, 5.74) is 1.84. The van der Waals surface area contributed by atoms with Crippen LogP contribution in [0.1, 0.15) is 10.7 Å². The van der Waals surface area contributed by atoms with Gasteiger partial charge in [-0.15, -0.1) is 11.3 Å². The van der Waals surface area contributed by atoms with Crippen molar-refractivity contribution in [1.82, 2.24) is 4.98 Å². The van der Waals surface area contributed by atoms with E-state index in [1.807, 2.05) is 12.3 Å². The third-order valence-corrected chi connectivity index (χ3v) is 3.74. The number of hydrogen-bond donors (Lipinski definition) is 1. The quantitative estimate of drug-likeness (QED) is 0.686. The SMILES string of the molecule is Cc1nc(CNc2ccc([N+](=O)[O-])c(Br)c2)cs1. The Morgan fingerprint density at radius 2 is 2.33 bits per heavy atom. The van der Waals surface area contributed by atoms with Crippen LogP contribution in [0.25, 0.3) is 0 Å². The van der Waals surface area contributed by atoms with E-state index in [2.05, 4.69) is 26.2 Å². The van der Waals surface area contributed by atoms with Gasteiger partial charge < -0.3 is 5.32 Å². The molecule has 0 fully saturated rings. The number of nitrogens with zero attached hydrogens (tertiary/aromatic N) is 2. The van der Waals surface area contributed by atoms with Crippen LogP contribution in [0, 0.1) is 17.0 Å². The molecule has 2 rings (SSSR count). The van der Waals surface area contributed by atoms with Gasteiger partial charge in [-0.3, -0.25) is 10.1 Å². The summed E-state index contributed by atoms with van der Waals surface area (Å²) in [6.07, 6.45) is 0. The van der Waals surface area contributed by atoms with Crippen LogP contribution in [-0.2, 0) is 6.54 Å². The first-order valence-electron chi connectivity index (χ1n) is 5.15. The Balaban J connectivity index is 2.06. The lowest BCUT2D eigenvalue weighted by Gasteiger charge is -2.05. The first-order valence-corrected chi connectivity index (χ1v) is 6.82. The molecule has 1 aromatic carbocycles. The molecule has 0 atom stereocenters. The largest absolute Gasteiger partial charge is 0.379 e. The lowest BCUT2D eigenvalue weighted by molar-refractivity contribution is -0.385. The molecule has 0 bridgehead atoms. The molecule has 7 heteroatoms. The molecule has 5 nitrogen and oxygen atoms in total. The zero-order valence-electron chi connectivity index (χ0n) is 9.51. The Hall–Kier alpha value is -1.47. The first kappa shape index (κ1) is 13.0. The molecule has 1 N–H and O–H groups in total. The second kappa shape index (κ2) is 5.45. The van der Waals surface area contributed by atoms with E-state index in [9.17, 15) is 10.1 Å². The van der Waals surface area contributed by atoms with Gasteiger partial charge in [0, 0.05) is 17.1 Å². The Morgan fingerprint density at radius 3 is 2.89 bits per heavy atom. The normalized spacial score (nSPS) is 10.3. The highest BCUT2D eigenvalue weighted by Gasteiger charge is 2.11. The zero-order valence-corrected chi connectivity index (χ0v) is 11.9. The van der Waals surface area contributed by atoms with Gasteiger partial charge in [0.25, 0.3) is 5.69 Å². The summed E-state index contributed by atoms with van der Waals surface area (Å²) >= 11 is 4.78. The molecule has 0 saturated carbocycles. The third-order valence-electron chi connectivity index (χ3n) is 2.28. The van der Waals surface area contributed by atoms with Crippen LogP contribution in [0.5, 0.6) is 0 Å². The maximum atomic E-state index is 10.7. The van der Waals surface area contributed by atoms with E-state index >= 15 is 0 Å². The zero-order chi connectivity index (χ0) is 13.1. The van der Waals surface area contributed by atoms with Crippen molar-refractivity contribution in [2.24, 2.45) is 0 Å². The van der Waals surface area contributed by atoms with E-state index in [1.54, 1.807) is 23.5 Å². The number of halogens is 1. The summed E-state index contributed by atoms with van der Waals surface area (Å²) in [6.45, 7) is 2.56. The molecular formula is C11H10BrN3O2S. The number of thiazole rings is 1. The fourth-order valence-corrected chi connectivity index (χ4v) is 2.58. The van der Waals surface area contributed by atoms with Gasteiger partial charge in [0.15, 0.2) is 0 Å². The highest BCUT2D eigenvalue weighted by molar-refractivity contribution is 9.10. The minimum absolute atomic E-state index is 0.0602. The fourth-order valence-electron chi connectivity index (χ4n) is 1.45. The molecule has 2 aromatic rings. The van der Waals surface area contributed by atoms with Crippen molar-refractivity contribution in [3.8, 4) is 0 Å². The van der Waals surface area contributed by atoms with Crippen LogP contribution in [0.2, 0.25) is 0 Å². The predicted octanol–water partition coefficient (Wildman–Crippen LogP) is 3.73. The molecule has 0 amide bonds. The van der Waals surface area contributed by atoms with E-state index < -0.39 is 4.92 Å². The molecule has 0 saturated heterocycles. The summed E-state index contributed by atoms with van der Waals surface area (Å²) in [7, 11) is 0. The summed E-state index contributed by atoms with van der Waals surface area (Å²) in [5, 5.41) is 16.8. The van der Waals surface area contributed by atoms with E-state index in [4.69, 9.17) is 0 Å². The van der Waals surface area contributed by atoms with E-state index in [-0.39, 0.29) is 5.69 Å². The van der Waals surface area contributed by atoms with Gasteiger partial charge in [0.1, 0.15) is 0 Å². The molecule has 1 aromatic heterocycles. The number of benzene rings is 1. The van der Waals surface area contributed by atoms with Gasteiger partial charge in [-0.05, 0) is 35.0 Å². The average Bonchev–Trinajstić information content (AvgIpc) is 2.72. The van der Waals surface area contributed by atoms with Crippen molar-refractivity contribution in [3.63, 3.8) is 0 Å². The number of nitrogens with one attached hydrogen (secondary N) is 1. The van der Waals surface area contributed by atoms with Crippen molar-refractivity contribution in [2.45, 2.75) is 13.5 Å². The number of anilines is 1. The van der Waals surface area contributed by atoms with Gasteiger partial charge in [-0.1, -0.05) is 0 Å². The predicted molar refractivity (Wildman–Crippen MR) is 75.0 cm³/mol. The standard InChI is InChI=1S/C11H10BrN3O2S/c1-7-14-9(6-18-7)5-13-8-2-3-11(15(16)17)10(12)4-8/h2-4,6,13H,5H2,1H3. The molecule has 0 spiro atoms. The van der Waals surface area contributed by atoms with Crippen LogP contribution in [-0.4, -0.2) is 9.91 Å². The lowest BCUT2D eigenvalue weighted by atomic mass is 10.3. The lowest BCUT2D eigenvalue weighted by Crippen LogP contribution is -2.00. The second-order valence-electron chi connectivity index (χ2n) is 3.63. The van der Waals surface area contributed by atoms with Gasteiger partial charge in [0.2, 0.25) is 0 Å². The van der Waals surface area contributed by atoms with Crippen molar-refractivity contribution in [3.05, 3.63) is 48.9 Å². The minimum atomic E-state index is -0.419. The molecule has 0 unspecified atom stereocenters. The number of aryl methyl sites for hydroxylation is 1. The third kappa shape index (κ3) is 3.05. The highest BCUT2D eigenvalue weighted by atomic mass is 79.9. The highest BCUT2D eigenvalue weighted by Crippen LogP contribution is 2.27. The Labute approximate surface area is 116 Å². The Bertz CT molecular complexity index is 585. The minimum Gasteiger partial charge on any atom is -0.379 e. The smallest absolute Gasteiger partial charge is 0.283 e. The Morgan fingerprint density at radius 1 is 1.56 bits per heavy atom. The molecule has 1 heterocycles. The fraction of sp³-hybridized carbons (Fsp3) is 0.182. The van der Waals surface area contributed by atoms with E-state index in [0.29, 0.717) is 11.0 Å². The van der Waals surface area contributed by atoms with Crippen LogP contribution in [0.3, 0.4) is 0 Å². The second-order valence-corrected chi connectivity index (χ2v) is 5.55. The monoisotopic (exact) mass is 327 g/mol. The molecular weight excluding hydrogens is 318 g/mol. The molecule has 0 aliphatic heterocycles. The van der Waals surface area contributed by atoms with E-state index in [0.717, 1.165) is 16.4 Å². The molecule has 0 aliphatic carbocycles. The van der Waals surface area contributed by atoms with Gasteiger partial charge in [-0.2, -0.15) is 0 Å². The molecule has 0 radical (unpaired) electrons. The van der Waals surface area contributed by atoms with Crippen molar-refractivity contribution < 1.29 is 4.92 Å². The van der Waals surface area contributed by atoms with Crippen LogP contribution in [0.15, 0.2) is 28.1 Å². The van der Waals surface area contributed by atoms with Crippen LogP contribution >= 0.6 is 27.3 Å². The Kier molecular flexibility index (Phi) is 3.93. The summed E-state index contributed by atoms with van der Waals surface area (Å²) in [6, 6.07) is 4.85. The maximum Gasteiger partial charge on any atom is 0.283 e. The van der Waals surface area contributed by atoms with Crippen LogP contribution in [0.4, 0.5) is 11.4 Å². The topological polar surface area (TPSA) is 68.1 Å². The van der Waals surface area contributed by atoms with Crippen molar-refractivity contribution >= 4 is 38.6 Å². The van der Waals surface area contributed by atoms with Gasteiger partial charge in [-0.25, -0.2) is 4.98 Å². The number of nitro benzene ring substituents is 1. The first-order chi connectivity index (χ1) is 8.56. The average molecular weight is 328 g/mol. The number of aromatic nitrogens is 1. The van der Waals surface area contributed by atoms with Gasteiger partial charge >= 0.3 is 0 Å².